The van der Waals surface area contributed by atoms with Crippen LogP contribution in [0.25, 0.3) is 10.9 Å². The van der Waals surface area contributed by atoms with Gasteiger partial charge in [-0.05, 0) is 48.9 Å². The summed E-state index contributed by atoms with van der Waals surface area (Å²) in [7, 11) is 0. The van der Waals surface area contributed by atoms with Gasteiger partial charge in [0.25, 0.3) is 11.5 Å². The number of amides is 2. The second kappa shape index (κ2) is 9.25. The van der Waals surface area contributed by atoms with E-state index >= 15 is 0 Å². The molecule has 0 saturated carbocycles. The van der Waals surface area contributed by atoms with Gasteiger partial charge in [-0.3, -0.25) is 19.0 Å². The van der Waals surface area contributed by atoms with Gasteiger partial charge >= 0.3 is 0 Å². The van der Waals surface area contributed by atoms with Crippen molar-refractivity contribution in [3.05, 3.63) is 49.6 Å². The fraction of sp³-hybridized carbons (Fsp3) is 0.364. The summed E-state index contributed by atoms with van der Waals surface area (Å²) in [5.74, 6) is -0.539. The monoisotopic (exact) mass is 490 g/mol. The van der Waals surface area contributed by atoms with Crippen molar-refractivity contribution in [1.29, 1.82) is 0 Å². The van der Waals surface area contributed by atoms with Gasteiger partial charge in [-0.15, -0.1) is 11.3 Å². The van der Waals surface area contributed by atoms with E-state index in [9.17, 15) is 14.4 Å². The van der Waals surface area contributed by atoms with Crippen LogP contribution in [0, 0.1) is 5.92 Å². The quantitative estimate of drug-likeness (QED) is 0.383. The predicted molar refractivity (Wildman–Crippen MR) is 130 cm³/mol. The number of rotatable bonds is 7. The predicted octanol–water partition coefficient (Wildman–Crippen LogP) is 4.09. The highest BCUT2D eigenvalue weighted by Crippen LogP contribution is 2.39. The number of fused-ring (bicyclic) bond motifs is 2. The van der Waals surface area contributed by atoms with Crippen molar-refractivity contribution in [2.75, 3.05) is 11.1 Å². The third-order valence-electron chi connectivity index (χ3n) is 5.18. The molecule has 10 heteroatoms. The van der Waals surface area contributed by atoms with E-state index in [-0.39, 0.29) is 23.1 Å². The Bertz CT molecular complexity index is 1280. The Morgan fingerprint density at radius 2 is 2.12 bits per heavy atom. The molecule has 3 N–H and O–H groups in total. The Labute approximate surface area is 198 Å². The summed E-state index contributed by atoms with van der Waals surface area (Å²) in [6.07, 6.45) is 2.70. The van der Waals surface area contributed by atoms with Crippen molar-refractivity contribution >= 4 is 62.4 Å². The van der Waals surface area contributed by atoms with E-state index in [1.54, 1.807) is 22.8 Å². The molecule has 1 aliphatic carbocycles. The number of nitrogens with two attached hydrogens (primary N) is 1. The Kier molecular flexibility index (Phi) is 6.60. The minimum absolute atomic E-state index is 0.0460. The van der Waals surface area contributed by atoms with E-state index in [2.05, 4.69) is 10.3 Å². The van der Waals surface area contributed by atoms with Crippen LogP contribution in [-0.4, -0.2) is 27.1 Å². The standard InChI is InChI=1S/C22H23ClN4O3S2/c1-11(2)9-27-21(30)14-8-12(23)6-7-15(14)25-22(27)31-10-17(28)26-20-18(19(24)29)13-4-3-5-16(13)32-20/h6-8,11H,3-5,9-10H2,1-2H3,(H2,24,29)(H,26,28). The van der Waals surface area contributed by atoms with Gasteiger partial charge in [0.2, 0.25) is 5.91 Å². The first-order valence-corrected chi connectivity index (χ1v) is 12.5. The first-order valence-electron chi connectivity index (χ1n) is 10.3. The number of carbonyl (C=O) groups excluding carboxylic acids is 2. The molecule has 4 rings (SSSR count). The van der Waals surface area contributed by atoms with Gasteiger partial charge in [0.05, 0.1) is 22.2 Å². The topological polar surface area (TPSA) is 107 Å². The summed E-state index contributed by atoms with van der Waals surface area (Å²) < 4.78 is 1.59. The summed E-state index contributed by atoms with van der Waals surface area (Å²) in [5, 5.41) is 4.74. The fourth-order valence-corrected chi connectivity index (χ4v) is 6.15. The number of thioether (sulfide) groups is 1. The van der Waals surface area contributed by atoms with E-state index < -0.39 is 5.91 Å². The maximum Gasteiger partial charge on any atom is 0.262 e. The van der Waals surface area contributed by atoms with Crippen LogP contribution in [0.1, 0.15) is 41.1 Å². The van der Waals surface area contributed by atoms with E-state index in [4.69, 9.17) is 17.3 Å². The van der Waals surface area contributed by atoms with Gasteiger partial charge in [-0.2, -0.15) is 0 Å². The lowest BCUT2D eigenvalue weighted by Gasteiger charge is -2.15. The van der Waals surface area contributed by atoms with E-state index in [0.717, 1.165) is 29.7 Å². The minimum Gasteiger partial charge on any atom is -0.365 e. The zero-order valence-corrected chi connectivity index (χ0v) is 20.1. The van der Waals surface area contributed by atoms with Gasteiger partial charge in [-0.1, -0.05) is 37.2 Å². The molecule has 0 unspecified atom stereocenters. The molecule has 32 heavy (non-hydrogen) atoms. The van der Waals surface area contributed by atoms with Crippen LogP contribution >= 0.6 is 34.7 Å². The largest absolute Gasteiger partial charge is 0.365 e. The van der Waals surface area contributed by atoms with Crippen LogP contribution in [0.3, 0.4) is 0 Å². The molecule has 7 nitrogen and oxygen atoms in total. The molecule has 0 radical (unpaired) electrons. The average Bonchev–Trinajstić information content (AvgIpc) is 3.29. The molecule has 0 spiro atoms. The number of benzene rings is 1. The van der Waals surface area contributed by atoms with Gasteiger partial charge in [0.1, 0.15) is 5.00 Å². The summed E-state index contributed by atoms with van der Waals surface area (Å²) >= 11 is 8.67. The molecule has 1 aliphatic rings. The summed E-state index contributed by atoms with van der Waals surface area (Å²) in [6, 6.07) is 5.01. The number of carbonyl (C=O) groups is 2. The normalized spacial score (nSPS) is 13.0. The lowest BCUT2D eigenvalue weighted by molar-refractivity contribution is -0.113. The van der Waals surface area contributed by atoms with Gasteiger partial charge in [0.15, 0.2) is 5.16 Å². The highest BCUT2D eigenvalue weighted by atomic mass is 35.5. The van der Waals surface area contributed by atoms with Crippen LogP contribution < -0.4 is 16.6 Å². The number of aryl methyl sites for hydroxylation is 1. The maximum absolute atomic E-state index is 13.1. The second-order valence-corrected chi connectivity index (χ2v) is 10.6. The smallest absolute Gasteiger partial charge is 0.262 e. The van der Waals surface area contributed by atoms with Crippen LogP contribution in [0.4, 0.5) is 5.00 Å². The van der Waals surface area contributed by atoms with Gasteiger partial charge in [-0.25, -0.2) is 4.98 Å². The molecule has 0 atom stereocenters. The highest BCUT2D eigenvalue weighted by molar-refractivity contribution is 7.99. The first kappa shape index (κ1) is 22.8. The van der Waals surface area contributed by atoms with Crippen LogP contribution in [0.2, 0.25) is 5.02 Å². The molecule has 2 amide bonds. The zero-order chi connectivity index (χ0) is 23.0. The van der Waals surface area contributed by atoms with Crippen LogP contribution in [-0.2, 0) is 24.2 Å². The Hall–Kier alpha value is -2.36. The lowest BCUT2D eigenvalue weighted by atomic mass is 10.1. The Morgan fingerprint density at radius 3 is 2.84 bits per heavy atom. The molecular weight excluding hydrogens is 468 g/mol. The van der Waals surface area contributed by atoms with Crippen molar-refractivity contribution in [2.24, 2.45) is 11.7 Å². The van der Waals surface area contributed by atoms with Gasteiger partial charge in [0, 0.05) is 16.4 Å². The molecule has 3 aromatic rings. The highest BCUT2D eigenvalue weighted by Gasteiger charge is 2.26. The first-order chi connectivity index (χ1) is 15.2. The van der Waals surface area contributed by atoms with Crippen molar-refractivity contribution in [1.82, 2.24) is 9.55 Å². The number of halogens is 1. The lowest BCUT2D eigenvalue weighted by Crippen LogP contribution is -2.26. The fourth-order valence-electron chi connectivity index (χ4n) is 3.85. The van der Waals surface area contributed by atoms with Crippen LogP contribution in [0.5, 0.6) is 0 Å². The van der Waals surface area contributed by atoms with Crippen molar-refractivity contribution < 1.29 is 9.59 Å². The second-order valence-electron chi connectivity index (χ2n) is 8.13. The molecular formula is C22H23ClN4O3S2. The molecule has 0 bridgehead atoms. The number of thiophene rings is 1. The molecule has 0 saturated heterocycles. The SMILES string of the molecule is CC(C)Cn1c(SCC(=O)Nc2sc3c(c2C(N)=O)CCC3)nc2ccc(Cl)cc2c1=O. The number of aromatic nitrogens is 2. The number of primary amides is 1. The number of nitrogens with zero attached hydrogens (tertiary/aromatic N) is 2. The summed E-state index contributed by atoms with van der Waals surface area (Å²) in [6.45, 7) is 4.50. The van der Waals surface area contributed by atoms with E-state index in [0.29, 0.717) is 38.2 Å². The molecule has 0 aliphatic heterocycles. The summed E-state index contributed by atoms with van der Waals surface area (Å²) in [4.78, 5) is 43.5. The van der Waals surface area contributed by atoms with E-state index in [1.165, 1.54) is 23.1 Å². The molecule has 1 aromatic carbocycles. The third-order valence-corrected chi connectivity index (χ3v) is 7.60. The number of hydrogen-bond acceptors (Lipinski definition) is 6. The van der Waals surface area contributed by atoms with Crippen molar-refractivity contribution in [2.45, 2.75) is 44.8 Å². The minimum atomic E-state index is -0.520. The zero-order valence-electron chi connectivity index (χ0n) is 17.7. The Morgan fingerprint density at radius 1 is 1.34 bits per heavy atom. The molecule has 0 fully saturated rings. The average molecular weight is 491 g/mol. The van der Waals surface area contributed by atoms with Gasteiger partial charge < -0.3 is 11.1 Å². The number of hydrogen-bond donors (Lipinski definition) is 2. The maximum atomic E-state index is 13.1. The number of anilines is 1. The summed E-state index contributed by atoms with van der Waals surface area (Å²) in [5.41, 5.74) is 7.32. The van der Waals surface area contributed by atoms with Crippen LogP contribution in [0.15, 0.2) is 28.2 Å². The molecule has 168 valence electrons. The van der Waals surface area contributed by atoms with E-state index in [1.807, 2.05) is 13.8 Å². The van der Waals surface area contributed by atoms with Crippen molar-refractivity contribution in [3.63, 3.8) is 0 Å². The third kappa shape index (κ3) is 4.55. The molecule has 2 heterocycles. The Balaban J connectivity index is 1.58. The van der Waals surface area contributed by atoms with Crippen molar-refractivity contribution in [3.8, 4) is 0 Å². The number of nitrogens with one attached hydrogen (secondary N) is 1. The molecule has 2 aromatic heterocycles.